The van der Waals surface area contributed by atoms with E-state index in [9.17, 15) is 53.1 Å². The average molecular weight is 312 g/mol. The quantitative estimate of drug-likeness (QED) is 0.727. The first kappa shape index (κ1) is 17.9. The van der Waals surface area contributed by atoms with Crippen LogP contribution in [0.25, 0.3) is 0 Å². The first-order valence-corrected chi connectivity index (χ1v) is 4.03. The lowest BCUT2D eigenvalue weighted by Gasteiger charge is -2.38. The summed E-state index contributed by atoms with van der Waals surface area (Å²) in [4.78, 5) is 10.1. The summed E-state index contributed by atoms with van der Waals surface area (Å²) in [6.07, 6.45) is -14.8. The van der Waals surface area contributed by atoms with Crippen LogP contribution in [0.15, 0.2) is 0 Å². The normalized spacial score (nSPS) is 15.6. The smallest absolute Gasteiger partial charge is 0.293 e. The van der Waals surface area contributed by atoms with Gasteiger partial charge in [0.05, 0.1) is 0 Å². The standard InChI is InChI=1S/C7H3F11O/c1-2(19)3(8,9)5(11,12)4(10,6(13,14)15)7(16,17)18/h1H3. The summed E-state index contributed by atoms with van der Waals surface area (Å²) in [5.74, 6) is -16.9. The Bertz CT molecular complexity index is 348. The van der Waals surface area contributed by atoms with Crippen molar-refractivity contribution in [3.63, 3.8) is 0 Å². The van der Waals surface area contributed by atoms with Gasteiger partial charge in [0.2, 0.25) is 5.78 Å². The Balaban J connectivity index is 6.29. The molecule has 0 saturated heterocycles. The number of hydrogen-bond acceptors (Lipinski definition) is 1. The third-order valence-corrected chi connectivity index (χ3v) is 2.05. The molecule has 0 heterocycles. The number of carbonyl (C=O) groups is 1. The van der Waals surface area contributed by atoms with E-state index >= 15 is 0 Å². The van der Waals surface area contributed by atoms with Crippen LogP contribution in [0.2, 0.25) is 0 Å². The van der Waals surface area contributed by atoms with Crippen LogP contribution in [-0.2, 0) is 4.79 Å². The van der Waals surface area contributed by atoms with Gasteiger partial charge in [-0.3, -0.25) is 4.79 Å². The molecule has 0 atom stereocenters. The highest BCUT2D eigenvalue weighted by molar-refractivity contribution is 5.84. The van der Waals surface area contributed by atoms with Crippen LogP contribution in [0.3, 0.4) is 0 Å². The molecule has 0 N–H and O–H groups in total. The highest BCUT2D eigenvalue weighted by Gasteiger charge is 2.90. The van der Waals surface area contributed by atoms with E-state index < -0.39 is 42.6 Å². The first-order valence-electron chi connectivity index (χ1n) is 4.03. The van der Waals surface area contributed by atoms with Crippen molar-refractivity contribution < 1.29 is 53.1 Å². The van der Waals surface area contributed by atoms with Gasteiger partial charge in [-0.1, -0.05) is 0 Å². The maximum Gasteiger partial charge on any atom is 0.438 e. The molecule has 12 heteroatoms. The van der Waals surface area contributed by atoms with Gasteiger partial charge in [-0.2, -0.15) is 43.9 Å². The van der Waals surface area contributed by atoms with Crippen LogP contribution in [0.1, 0.15) is 6.92 Å². The largest absolute Gasteiger partial charge is 0.438 e. The Morgan fingerprint density at radius 2 is 0.947 bits per heavy atom. The molecule has 0 radical (unpaired) electrons. The van der Waals surface area contributed by atoms with Gasteiger partial charge in [0.25, 0.3) is 0 Å². The number of Topliss-reactive ketones (excluding diaryl/α,β-unsaturated/α-hetero) is 1. The highest BCUT2D eigenvalue weighted by atomic mass is 19.4. The number of rotatable bonds is 3. The second kappa shape index (κ2) is 4.20. The predicted octanol–water partition coefficient (Wildman–Crippen LogP) is 3.68. The fraction of sp³-hybridized carbons (Fsp3) is 0.857. The van der Waals surface area contributed by atoms with Crippen LogP contribution < -0.4 is 0 Å². The van der Waals surface area contributed by atoms with Gasteiger partial charge in [-0.25, -0.2) is 4.39 Å². The molecule has 114 valence electrons. The van der Waals surface area contributed by atoms with Crippen molar-refractivity contribution in [2.24, 2.45) is 0 Å². The molecule has 1 nitrogen and oxygen atoms in total. The van der Waals surface area contributed by atoms with E-state index in [1.54, 1.807) is 0 Å². The minimum absolute atomic E-state index is 0.402. The molecule has 0 aromatic heterocycles. The monoisotopic (exact) mass is 312 g/mol. The Labute approximate surface area is 96.9 Å². The van der Waals surface area contributed by atoms with Crippen LogP contribution >= 0.6 is 0 Å². The fourth-order valence-corrected chi connectivity index (χ4v) is 0.954. The minimum atomic E-state index is -7.57. The van der Waals surface area contributed by atoms with E-state index in [0.29, 0.717) is 0 Å². The minimum Gasteiger partial charge on any atom is -0.293 e. The van der Waals surface area contributed by atoms with Crippen molar-refractivity contribution in [2.45, 2.75) is 36.8 Å². The maximum absolute atomic E-state index is 12.8. The van der Waals surface area contributed by atoms with Crippen molar-refractivity contribution in [1.29, 1.82) is 0 Å². The molecule has 0 saturated carbocycles. The molecule has 19 heavy (non-hydrogen) atoms. The van der Waals surface area contributed by atoms with Crippen molar-refractivity contribution in [3.05, 3.63) is 0 Å². The molecule has 0 amide bonds. The summed E-state index contributed by atoms with van der Waals surface area (Å²) in [6, 6.07) is 0. The SMILES string of the molecule is CC(=O)C(F)(F)C(F)(F)C(F)(C(F)(F)F)C(F)(F)F. The summed E-state index contributed by atoms with van der Waals surface area (Å²) in [5, 5.41) is 0. The summed E-state index contributed by atoms with van der Waals surface area (Å²) in [6.45, 7) is -0.402. The maximum atomic E-state index is 12.8. The Morgan fingerprint density at radius 3 is 1.11 bits per heavy atom. The molecule has 0 aliphatic rings. The first-order chi connectivity index (χ1) is 7.94. The molecule has 0 unspecified atom stereocenters. The molecule has 0 spiro atoms. The van der Waals surface area contributed by atoms with Crippen molar-refractivity contribution in [1.82, 2.24) is 0 Å². The van der Waals surface area contributed by atoms with Gasteiger partial charge in [-0.05, 0) is 0 Å². The molecule has 0 rings (SSSR count). The second-order valence-corrected chi connectivity index (χ2v) is 3.36. The number of hydrogen-bond donors (Lipinski definition) is 0. The van der Waals surface area contributed by atoms with E-state index in [2.05, 4.69) is 0 Å². The van der Waals surface area contributed by atoms with Crippen molar-refractivity contribution >= 4 is 5.78 Å². The van der Waals surface area contributed by atoms with E-state index in [1.165, 1.54) is 0 Å². The van der Waals surface area contributed by atoms with Gasteiger partial charge in [0, 0.05) is 6.92 Å². The molecule has 0 aliphatic heterocycles. The predicted molar refractivity (Wildman–Crippen MR) is 36.5 cm³/mol. The molecule has 0 aromatic rings. The van der Waals surface area contributed by atoms with Crippen LogP contribution in [-0.4, -0.2) is 35.6 Å². The average Bonchev–Trinajstić information content (AvgIpc) is 2.11. The van der Waals surface area contributed by atoms with Crippen molar-refractivity contribution in [2.75, 3.05) is 0 Å². The summed E-state index contributed by atoms with van der Waals surface area (Å²) in [7, 11) is 0. The number of ketones is 1. The Hall–Kier alpha value is -1.10. The number of alkyl halides is 11. The van der Waals surface area contributed by atoms with Crippen LogP contribution in [0, 0.1) is 0 Å². The zero-order valence-electron chi connectivity index (χ0n) is 8.57. The highest BCUT2D eigenvalue weighted by Crippen LogP contribution is 2.59. The van der Waals surface area contributed by atoms with Gasteiger partial charge in [-0.15, -0.1) is 0 Å². The van der Waals surface area contributed by atoms with Gasteiger partial charge < -0.3 is 0 Å². The van der Waals surface area contributed by atoms with Gasteiger partial charge in [0.1, 0.15) is 0 Å². The third-order valence-electron chi connectivity index (χ3n) is 2.05. The summed E-state index contributed by atoms with van der Waals surface area (Å²) >= 11 is 0. The third kappa shape index (κ3) is 2.24. The Morgan fingerprint density at radius 1 is 0.684 bits per heavy atom. The van der Waals surface area contributed by atoms with Crippen LogP contribution in [0.4, 0.5) is 48.3 Å². The van der Waals surface area contributed by atoms with Crippen molar-refractivity contribution in [3.8, 4) is 0 Å². The van der Waals surface area contributed by atoms with E-state index in [1.807, 2.05) is 0 Å². The molecule has 0 aliphatic carbocycles. The zero-order chi connectivity index (χ0) is 16.1. The van der Waals surface area contributed by atoms with E-state index in [4.69, 9.17) is 0 Å². The Kier molecular flexibility index (Phi) is 3.96. The second-order valence-electron chi connectivity index (χ2n) is 3.36. The van der Waals surface area contributed by atoms with Gasteiger partial charge >= 0.3 is 29.9 Å². The van der Waals surface area contributed by atoms with Gasteiger partial charge in [0.15, 0.2) is 0 Å². The molecular weight excluding hydrogens is 309 g/mol. The fourth-order valence-electron chi connectivity index (χ4n) is 0.954. The zero-order valence-corrected chi connectivity index (χ0v) is 8.57. The van der Waals surface area contributed by atoms with Crippen LogP contribution in [0.5, 0.6) is 0 Å². The lowest BCUT2D eigenvalue weighted by Crippen LogP contribution is -2.71. The lowest BCUT2D eigenvalue weighted by molar-refractivity contribution is -0.420. The number of carbonyl (C=O) groups excluding carboxylic acids is 1. The summed E-state index contributed by atoms with van der Waals surface area (Å²) < 4.78 is 135. The topological polar surface area (TPSA) is 17.1 Å². The summed E-state index contributed by atoms with van der Waals surface area (Å²) in [5.41, 5.74) is -7.57. The lowest BCUT2D eigenvalue weighted by atomic mass is 9.89. The molecular formula is C7H3F11O. The number of halogens is 11. The molecule has 0 bridgehead atoms. The van der Waals surface area contributed by atoms with E-state index in [0.717, 1.165) is 0 Å². The van der Waals surface area contributed by atoms with E-state index in [-0.39, 0.29) is 0 Å². The molecule has 0 aromatic carbocycles. The molecule has 0 fully saturated rings.